The van der Waals surface area contributed by atoms with E-state index in [2.05, 4.69) is 6.92 Å². The molecule has 0 amide bonds. The van der Waals surface area contributed by atoms with Crippen LogP contribution in [0.2, 0.25) is 0 Å². The molecule has 3 N–H and O–H groups in total. The number of hydrogen-bond donors (Lipinski definition) is 2. The third-order valence-corrected chi connectivity index (χ3v) is 2.22. The van der Waals surface area contributed by atoms with Crippen LogP contribution in [0.15, 0.2) is 0 Å². The van der Waals surface area contributed by atoms with E-state index in [0.29, 0.717) is 6.61 Å². The van der Waals surface area contributed by atoms with Crippen molar-refractivity contribution in [2.24, 2.45) is 5.73 Å². The zero-order valence-electron chi connectivity index (χ0n) is 9.78. The molecule has 0 saturated carbocycles. The van der Waals surface area contributed by atoms with E-state index in [0.717, 1.165) is 13.0 Å². The molecule has 0 aliphatic heterocycles. The normalized spacial score (nSPS) is 12.2. The summed E-state index contributed by atoms with van der Waals surface area (Å²) in [5.74, 6) is 0. The Labute approximate surface area is 99.8 Å². The van der Waals surface area contributed by atoms with Gasteiger partial charge in [0.1, 0.15) is 0 Å². The molecule has 4 heteroatoms. The highest BCUT2D eigenvalue weighted by Gasteiger charge is 1.99. The van der Waals surface area contributed by atoms with Crippen molar-refractivity contribution in [2.75, 3.05) is 19.8 Å². The molecule has 0 rings (SSSR count). The average molecular weight is 240 g/mol. The lowest BCUT2D eigenvalue weighted by molar-refractivity contribution is 0.0396. The van der Waals surface area contributed by atoms with Gasteiger partial charge in [-0.25, -0.2) is 0 Å². The molecule has 0 fully saturated rings. The molecule has 0 radical (unpaired) electrons. The predicted molar refractivity (Wildman–Crippen MR) is 66.5 cm³/mol. The van der Waals surface area contributed by atoms with Gasteiger partial charge in [0.25, 0.3) is 0 Å². The van der Waals surface area contributed by atoms with Crippen LogP contribution in [0.4, 0.5) is 0 Å². The SMILES string of the molecule is CCCCCCCCOCC(O)CN.Cl. The van der Waals surface area contributed by atoms with Crippen molar-refractivity contribution in [3.8, 4) is 0 Å². The number of aliphatic hydroxyl groups excluding tert-OH is 1. The summed E-state index contributed by atoms with van der Waals surface area (Å²) in [5.41, 5.74) is 5.24. The molecule has 0 aromatic carbocycles. The lowest BCUT2D eigenvalue weighted by atomic mass is 10.1. The van der Waals surface area contributed by atoms with Gasteiger partial charge in [0.05, 0.1) is 12.7 Å². The molecule has 1 unspecified atom stereocenters. The molecule has 0 spiro atoms. The summed E-state index contributed by atoms with van der Waals surface area (Å²) in [6.45, 7) is 3.64. The number of nitrogens with two attached hydrogens (primary N) is 1. The summed E-state index contributed by atoms with van der Waals surface area (Å²) in [6.07, 6.45) is 7.11. The Kier molecular flexibility index (Phi) is 16.6. The summed E-state index contributed by atoms with van der Waals surface area (Å²) in [5, 5.41) is 9.08. The third kappa shape index (κ3) is 14.2. The maximum atomic E-state index is 9.08. The maximum Gasteiger partial charge on any atom is 0.0895 e. The minimum absolute atomic E-state index is 0. The van der Waals surface area contributed by atoms with Gasteiger partial charge in [-0.05, 0) is 6.42 Å². The van der Waals surface area contributed by atoms with Gasteiger partial charge < -0.3 is 15.6 Å². The first-order valence-corrected chi connectivity index (χ1v) is 5.77. The Hall–Kier alpha value is 0.170. The largest absolute Gasteiger partial charge is 0.389 e. The van der Waals surface area contributed by atoms with Gasteiger partial charge in [-0.1, -0.05) is 39.0 Å². The summed E-state index contributed by atoms with van der Waals surface area (Å²) < 4.78 is 5.26. The topological polar surface area (TPSA) is 55.5 Å². The fourth-order valence-corrected chi connectivity index (χ4v) is 1.27. The number of unbranched alkanes of at least 4 members (excludes halogenated alkanes) is 5. The third-order valence-electron chi connectivity index (χ3n) is 2.22. The van der Waals surface area contributed by atoms with Crippen LogP contribution in [0, 0.1) is 0 Å². The maximum absolute atomic E-state index is 9.08. The van der Waals surface area contributed by atoms with Gasteiger partial charge in [-0.2, -0.15) is 0 Å². The number of rotatable bonds is 10. The van der Waals surface area contributed by atoms with Crippen molar-refractivity contribution >= 4 is 12.4 Å². The van der Waals surface area contributed by atoms with Crippen molar-refractivity contribution < 1.29 is 9.84 Å². The summed E-state index contributed by atoms with van der Waals surface area (Å²) in [7, 11) is 0. The lowest BCUT2D eigenvalue weighted by Gasteiger charge is -2.08. The first-order valence-electron chi connectivity index (χ1n) is 5.77. The second kappa shape index (κ2) is 14.2. The van der Waals surface area contributed by atoms with Crippen LogP contribution < -0.4 is 5.73 Å². The van der Waals surface area contributed by atoms with Crippen molar-refractivity contribution in [1.82, 2.24) is 0 Å². The molecular formula is C11H26ClNO2. The Balaban J connectivity index is 0. The van der Waals surface area contributed by atoms with Crippen molar-refractivity contribution in [1.29, 1.82) is 0 Å². The van der Waals surface area contributed by atoms with Crippen LogP contribution in [0.5, 0.6) is 0 Å². The van der Waals surface area contributed by atoms with Gasteiger partial charge in [-0.15, -0.1) is 12.4 Å². The molecule has 0 heterocycles. The number of aliphatic hydroxyl groups is 1. The zero-order valence-corrected chi connectivity index (χ0v) is 10.6. The Morgan fingerprint density at radius 1 is 1.13 bits per heavy atom. The minimum atomic E-state index is -0.491. The average Bonchev–Trinajstić information content (AvgIpc) is 2.21. The molecule has 0 aliphatic rings. The number of halogens is 1. The Morgan fingerprint density at radius 3 is 2.33 bits per heavy atom. The van der Waals surface area contributed by atoms with Gasteiger partial charge in [-0.3, -0.25) is 0 Å². The lowest BCUT2D eigenvalue weighted by Crippen LogP contribution is -2.25. The van der Waals surface area contributed by atoms with Gasteiger partial charge in [0.15, 0.2) is 0 Å². The predicted octanol–water partition coefficient (Wildman–Crippen LogP) is 2.10. The first-order chi connectivity index (χ1) is 6.81. The van der Waals surface area contributed by atoms with E-state index >= 15 is 0 Å². The van der Waals surface area contributed by atoms with Crippen LogP contribution in [0.1, 0.15) is 45.4 Å². The van der Waals surface area contributed by atoms with E-state index in [9.17, 15) is 0 Å². The summed E-state index contributed by atoms with van der Waals surface area (Å²) >= 11 is 0. The van der Waals surface area contributed by atoms with E-state index in [1.54, 1.807) is 0 Å². The molecule has 1 atom stereocenters. The molecule has 3 nitrogen and oxygen atoms in total. The molecule has 0 bridgehead atoms. The Morgan fingerprint density at radius 2 is 1.73 bits per heavy atom. The van der Waals surface area contributed by atoms with Gasteiger partial charge >= 0.3 is 0 Å². The molecule has 15 heavy (non-hydrogen) atoms. The smallest absolute Gasteiger partial charge is 0.0895 e. The molecule has 0 aromatic rings. The Bertz CT molecular complexity index is 115. The molecule has 0 aromatic heterocycles. The highest BCUT2D eigenvalue weighted by Crippen LogP contribution is 2.04. The van der Waals surface area contributed by atoms with E-state index in [-0.39, 0.29) is 19.0 Å². The van der Waals surface area contributed by atoms with E-state index in [4.69, 9.17) is 15.6 Å². The second-order valence-electron chi connectivity index (χ2n) is 3.73. The molecule has 94 valence electrons. The quantitative estimate of drug-likeness (QED) is 0.574. The summed E-state index contributed by atoms with van der Waals surface area (Å²) in [4.78, 5) is 0. The minimum Gasteiger partial charge on any atom is -0.389 e. The van der Waals surface area contributed by atoms with Gasteiger partial charge in [0, 0.05) is 13.2 Å². The fraction of sp³-hybridized carbons (Fsp3) is 1.00. The first kappa shape index (κ1) is 17.6. The van der Waals surface area contributed by atoms with Gasteiger partial charge in [0.2, 0.25) is 0 Å². The van der Waals surface area contributed by atoms with Crippen LogP contribution in [-0.4, -0.2) is 31.0 Å². The molecule has 0 aliphatic carbocycles. The van der Waals surface area contributed by atoms with E-state index in [1.807, 2.05) is 0 Å². The van der Waals surface area contributed by atoms with Crippen molar-refractivity contribution in [3.63, 3.8) is 0 Å². The fourth-order valence-electron chi connectivity index (χ4n) is 1.27. The van der Waals surface area contributed by atoms with Crippen LogP contribution in [0.3, 0.4) is 0 Å². The highest BCUT2D eigenvalue weighted by molar-refractivity contribution is 5.85. The summed E-state index contributed by atoms with van der Waals surface area (Å²) in [6, 6.07) is 0. The van der Waals surface area contributed by atoms with Crippen LogP contribution >= 0.6 is 12.4 Å². The monoisotopic (exact) mass is 239 g/mol. The highest BCUT2D eigenvalue weighted by atomic mass is 35.5. The van der Waals surface area contributed by atoms with Crippen molar-refractivity contribution in [3.05, 3.63) is 0 Å². The van der Waals surface area contributed by atoms with Crippen LogP contribution in [0.25, 0.3) is 0 Å². The van der Waals surface area contributed by atoms with E-state index in [1.165, 1.54) is 32.1 Å². The molecular weight excluding hydrogens is 214 g/mol. The van der Waals surface area contributed by atoms with E-state index < -0.39 is 6.10 Å². The second-order valence-corrected chi connectivity index (χ2v) is 3.73. The number of hydrogen-bond acceptors (Lipinski definition) is 3. The zero-order chi connectivity index (χ0) is 10.6. The number of ether oxygens (including phenoxy) is 1. The van der Waals surface area contributed by atoms with Crippen molar-refractivity contribution in [2.45, 2.75) is 51.6 Å². The van der Waals surface area contributed by atoms with Crippen LogP contribution in [-0.2, 0) is 4.74 Å². The molecule has 0 saturated heterocycles. The standard InChI is InChI=1S/C11H25NO2.ClH/c1-2-3-4-5-6-7-8-14-10-11(13)9-12;/h11,13H,2-10,12H2,1H3;1H.